The summed E-state index contributed by atoms with van der Waals surface area (Å²) in [6.45, 7) is 0. The zero-order valence-electron chi connectivity index (χ0n) is 18.7. The number of rotatable bonds is 5. The summed E-state index contributed by atoms with van der Waals surface area (Å²) in [5.41, 5.74) is 7.65. The van der Waals surface area contributed by atoms with Gasteiger partial charge in [0, 0.05) is 0 Å². The minimum Gasteiger partial charge on any atom is -0.497 e. The second-order valence-electron chi connectivity index (χ2n) is 7.35. The number of fused-ring (bicyclic) bond motifs is 1. The molecule has 0 radical (unpaired) electrons. The van der Waals surface area contributed by atoms with Crippen molar-refractivity contribution in [2.45, 2.75) is 5.92 Å². The van der Waals surface area contributed by atoms with Crippen molar-refractivity contribution < 1.29 is 19.0 Å². The molecule has 8 nitrogen and oxygen atoms in total. The molecule has 2 heterocycles. The molecule has 3 aromatic rings. The second-order valence-corrected chi connectivity index (χ2v) is 8.38. The molecule has 0 saturated heterocycles. The van der Waals surface area contributed by atoms with Crippen molar-refractivity contribution >= 4 is 34.8 Å². The number of esters is 1. The van der Waals surface area contributed by atoms with Crippen LogP contribution in [0.5, 0.6) is 11.5 Å². The predicted octanol–water partition coefficient (Wildman–Crippen LogP) is 1.53. The Morgan fingerprint density at radius 1 is 1.06 bits per heavy atom. The van der Waals surface area contributed by atoms with E-state index in [1.807, 2.05) is 12.1 Å². The summed E-state index contributed by atoms with van der Waals surface area (Å²) in [6, 6.07) is 16.4. The van der Waals surface area contributed by atoms with E-state index in [0.717, 1.165) is 16.9 Å². The van der Waals surface area contributed by atoms with Crippen LogP contribution in [0.15, 0.2) is 58.9 Å². The van der Waals surface area contributed by atoms with Crippen molar-refractivity contribution in [3.05, 3.63) is 84.8 Å². The Bertz CT molecular complexity index is 1510. The van der Waals surface area contributed by atoms with Crippen LogP contribution in [0, 0.1) is 11.3 Å². The molecule has 0 saturated carbocycles. The molecular weight excluding hydrogens is 454 g/mol. The predicted molar refractivity (Wildman–Crippen MR) is 129 cm³/mol. The molecule has 1 aliphatic rings. The topological polar surface area (TPSA) is 117 Å². The van der Waals surface area contributed by atoms with Crippen LogP contribution in [0.1, 0.15) is 17.0 Å². The normalized spacial score (nSPS) is 15.5. The van der Waals surface area contributed by atoms with Crippen LogP contribution in [0.25, 0.3) is 17.5 Å². The maximum atomic E-state index is 13.3. The van der Waals surface area contributed by atoms with Gasteiger partial charge in [-0.15, -0.1) is 11.3 Å². The fourth-order valence-electron chi connectivity index (χ4n) is 3.84. The molecule has 1 aliphatic heterocycles. The first kappa shape index (κ1) is 22.9. The van der Waals surface area contributed by atoms with E-state index >= 15 is 0 Å². The van der Waals surface area contributed by atoms with Crippen LogP contribution < -0.4 is 30.0 Å². The molecule has 172 valence electrons. The molecule has 1 atom stereocenters. The number of aromatic nitrogens is 1. The fraction of sp³-hybridized carbons (Fsp3) is 0.160. The summed E-state index contributed by atoms with van der Waals surface area (Å²) < 4.78 is 17.3. The third-order valence-corrected chi connectivity index (χ3v) is 6.64. The molecule has 0 bridgehead atoms. The summed E-state index contributed by atoms with van der Waals surface area (Å²) in [7, 11) is 4.35. The summed E-state index contributed by atoms with van der Waals surface area (Å²) in [5.74, 6) is -0.251. The smallest absolute Gasteiger partial charge is 0.338 e. The van der Waals surface area contributed by atoms with Gasteiger partial charge in [0.25, 0.3) is 5.56 Å². The largest absolute Gasteiger partial charge is 0.497 e. The number of hydrogen-bond acceptors (Lipinski definition) is 8. The lowest BCUT2D eigenvalue weighted by Crippen LogP contribution is -2.40. The highest BCUT2D eigenvalue weighted by Crippen LogP contribution is 2.37. The number of nitriles is 1. The highest BCUT2D eigenvalue weighted by molar-refractivity contribution is 7.07. The average molecular weight is 476 g/mol. The van der Waals surface area contributed by atoms with E-state index in [4.69, 9.17) is 19.9 Å². The summed E-state index contributed by atoms with van der Waals surface area (Å²) >= 11 is 1.14. The molecule has 0 unspecified atom stereocenters. The zero-order valence-corrected chi connectivity index (χ0v) is 19.5. The van der Waals surface area contributed by atoms with Crippen LogP contribution in [0.2, 0.25) is 0 Å². The first-order chi connectivity index (χ1) is 16.4. The molecule has 0 amide bonds. The van der Waals surface area contributed by atoms with E-state index in [1.165, 1.54) is 11.7 Å². The number of thiazole rings is 1. The van der Waals surface area contributed by atoms with Crippen molar-refractivity contribution in [1.29, 1.82) is 5.26 Å². The van der Waals surface area contributed by atoms with Crippen molar-refractivity contribution in [3.63, 3.8) is 0 Å². The summed E-state index contributed by atoms with van der Waals surface area (Å²) in [6.07, 6.45) is 1.71. The Labute approximate surface area is 199 Å². The van der Waals surface area contributed by atoms with E-state index in [2.05, 4.69) is 6.07 Å². The number of methoxy groups -OCH3 is 3. The number of hydrogen-bond donors (Lipinski definition) is 1. The van der Waals surface area contributed by atoms with Gasteiger partial charge in [-0.2, -0.15) is 5.26 Å². The zero-order chi connectivity index (χ0) is 24.4. The molecule has 34 heavy (non-hydrogen) atoms. The van der Waals surface area contributed by atoms with Gasteiger partial charge in [0.15, 0.2) is 0 Å². The monoisotopic (exact) mass is 475 g/mol. The quantitative estimate of drug-likeness (QED) is 0.556. The maximum Gasteiger partial charge on any atom is 0.338 e. The highest BCUT2D eigenvalue weighted by Gasteiger charge is 2.36. The summed E-state index contributed by atoms with van der Waals surface area (Å²) in [5, 5.41) is 10.1. The van der Waals surface area contributed by atoms with Crippen LogP contribution in [-0.4, -0.2) is 31.9 Å². The van der Waals surface area contributed by atoms with Crippen LogP contribution in [0.3, 0.4) is 0 Å². The lowest BCUT2D eigenvalue weighted by molar-refractivity contribution is -0.136. The third-order valence-electron chi connectivity index (χ3n) is 5.54. The molecule has 2 N–H and O–H groups in total. The second kappa shape index (κ2) is 9.29. The van der Waals surface area contributed by atoms with Gasteiger partial charge in [0.2, 0.25) is 0 Å². The Morgan fingerprint density at radius 2 is 1.65 bits per heavy atom. The number of nitrogens with zero attached hydrogens (tertiary/aromatic N) is 2. The van der Waals surface area contributed by atoms with Gasteiger partial charge >= 0.3 is 5.97 Å². The van der Waals surface area contributed by atoms with E-state index in [9.17, 15) is 14.9 Å². The molecule has 0 spiro atoms. The van der Waals surface area contributed by atoms with Gasteiger partial charge in [-0.3, -0.25) is 9.36 Å². The minimum atomic E-state index is -0.796. The van der Waals surface area contributed by atoms with Crippen molar-refractivity contribution in [2.24, 2.45) is 5.73 Å². The first-order valence-corrected chi connectivity index (χ1v) is 11.0. The average Bonchev–Trinajstić information content (AvgIpc) is 3.19. The summed E-state index contributed by atoms with van der Waals surface area (Å²) in [4.78, 5) is 26.1. The van der Waals surface area contributed by atoms with E-state index in [0.29, 0.717) is 26.3 Å². The number of benzene rings is 2. The van der Waals surface area contributed by atoms with Crippen molar-refractivity contribution in [3.8, 4) is 17.6 Å². The van der Waals surface area contributed by atoms with Crippen LogP contribution in [-0.2, 0) is 9.53 Å². The van der Waals surface area contributed by atoms with Crippen LogP contribution >= 0.6 is 11.3 Å². The fourth-order valence-corrected chi connectivity index (χ4v) is 4.97. The SMILES string of the molecule is COC(=O)C1=C(N)n2c(s/c(=C/c3ccc(OC)cc3)c2=O)=C(C#N)[C@H]1c1ccc(OC)cc1. The Balaban J connectivity index is 2.01. The Hall–Kier alpha value is -4.29. The number of ether oxygens (including phenoxy) is 3. The third kappa shape index (κ3) is 3.84. The van der Waals surface area contributed by atoms with Gasteiger partial charge in [0.05, 0.1) is 49.0 Å². The van der Waals surface area contributed by atoms with Crippen molar-refractivity contribution in [2.75, 3.05) is 21.3 Å². The van der Waals surface area contributed by atoms with Crippen molar-refractivity contribution in [1.82, 2.24) is 4.57 Å². The van der Waals surface area contributed by atoms with E-state index < -0.39 is 17.4 Å². The lowest BCUT2D eigenvalue weighted by Gasteiger charge is -2.24. The van der Waals surface area contributed by atoms with Gasteiger partial charge in [-0.25, -0.2) is 4.79 Å². The Morgan fingerprint density at radius 3 is 2.18 bits per heavy atom. The standard InChI is InChI=1S/C25H21N3O5S/c1-31-16-8-4-14(5-9-16)12-19-23(29)28-22(27)21(25(30)33-3)20(18(13-26)24(28)34-19)15-6-10-17(32-2)11-7-15/h4-12,20H,27H2,1-3H3/b19-12+/t20-/m1/s1. The lowest BCUT2D eigenvalue weighted by atomic mass is 9.84. The van der Waals surface area contributed by atoms with E-state index in [-0.39, 0.29) is 17.0 Å². The molecule has 1 aromatic heterocycles. The molecule has 0 fully saturated rings. The van der Waals surface area contributed by atoms with Crippen LogP contribution in [0.4, 0.5) is 0 Å². The molecular formula is C25H21N3O5S. The number of nitrogens with two attached hydrogens (primary N) is 1. The number of carbonyl (C=O) groups is 1. The molecule has 0 aliphatic carbocycles. The van der Waals surface area contributed by atoms with Gasteiger partial charge in [0.1, 0.15) is 22.0 Å². The van der Waals surface area contributed by atoms with Gasteiger partial charge < -0.3 is 19.9 Å². The van der Waals surface area contributed by atoms with Gasteiger partial charge in [-0.1, -0.05) is 24.3 Å². The first-order valence-electron chi connectivity index (χ1n) is 10.2. The van der Waals surface area contributed by atoms with E-state index in [1.54, 1.807) is 56.7 Å². The molecule has 2 aromatic carbocycles. The molecule has 4 rings (SSSR count). The Kier molecular flexibility index (Phi) is 6.25. The van der Waals surface area contributed by atoms with Gasteiger partial charge in [-0.05, 0) is 41.5 Å². The number of carbonyl (C=O) groups excluding carboxylic acids is 1. The maximum absolute atomic E-state index is 13.3. The highest BCUT2D eigenvalue weighted by atomic mass is 32.1. The minimum absolute atomic E-state index is 0.0348. The molecule has 9 heteroatoms.